The number of benzene rings is 2. The minimum atomic E-state index is 0.895. The molecule has 0 saturated carbocycles. The van der Waals surface area contributed by atoms with Crippen LogP contribution >= 0.6 is 0 Å². The summed E-state index contributed by atoms with van der Waals surface area (Å²) in [5, 5.41) is 3.44. The van der Waals surface area contributed by atoms with Gasteiger partial charge in [-0.2, -0.15) is 0 Å². The summed E-state index contributed by atoms with van der Waals surface area (Å²) in [6.45, 7) is 3.01. The molecule has 0 aliphatic carbocycles. The van der Waals surface area contributed by atoms with Gasteiger partial charge < -0.3 is 15.0 Å². The van der Waals surface area contributed by atoms with Gasteiger partial charge in [-0.05, 0) is 53.9 Å². The molecule has 0 spiro atoms. The molecule has 2 aromatic carbocycles. The molecule has 110 valence electrons. The molecule has 0 atom stereocenters. The Balaban J connectivity index is 1.72. The minimum absolute atomic E-state index is 0.895. The highest BCUT2D eigenvalue weighted by Crippen LogP contribution is 2.21. The highest BCUT2D eigenvalue weighted by molar-refractivity contribution is 5.49. The van der Waals surface area contributed by atoms with Crippen molar-refractivity contribution in [3.63, 3.8) is 0 Å². The van der Waals surface area contributed by atoms with E-state index >= 15 is 0 Å². The Morgan fingerprint density at radius 3 is 2.67 bits per heavy atom. The van der Waals surface area contributed by atoms with Gasteiger partial charge in [0.1, 0.15) is 5.75 Å². The molecular formula is C18H22N2O. The van der Waals surface area contributed by atoms with Gasteiger partial charge in [-0.3, -0.25) is 0 Å². The standard InChI is InChI=1S/C18H22N2O/c1-20(17-5-7-18(21-2)8-6-17)13-14-3-4-15-9-10-19-12-16(15)11-14/h3-8,11,19H,9-10,12-13H2,1-2H3. The fraction of sp³-hybridized carbons (Fsp3) is 0.333. The van der Waals surface area contributed by atoms with E-state index in [1.165, 1.54) is 22.4 Å². The molecule has 1 aliphatic heterocycles. The monoisotopic (exact) mass is 282 g/mol. The van der Waals surface area contributed by atoms with Crippen molar-refractivity contribution in [1.29, 1.82) is 0 Å². The molecule has 21 heavy (non-hydrogen) atoms. The van der Waals surface area contributed by atoms with E-state index in [2.05, 4.69) is 47.6 Å². The molecule has 0 saturated heterocycles. The Labute approximate surface area is 126 Å². The van der Waals surface area contributed by atoms with Crippen molar-refractivity contribution in [1.82, 2.24) is 5.32 Å². The van der Waals surface area contributed by atoms with E-state index in [9.17, 15) is 0 Å². The summed E-state index contributed by atoms with van der Waals surface area (Å²) in [7, 11) is 3.82. The van der Waals surface area contributed by atoms with Crippen molar-refractivity contribution in [2.24, 2.45) is 0 Å². The zero-order valence-electron chi connectivity index (χ0n) is 12.7. The van der Waals surface area contributed by atoms with Crippen LogP contribution in [0.25, 0.3) is 0 Å². The van der Waals surface area contributed by atoms with Gasteiger partial charge in [-0.1, -0.05) is 18.2 Å². The fourth-order valence-electron chi connectivity index (χ4n) is 2.83. The Morgan fingerprint density at radius 2 is 1.90 bits per heavy atom. The number of nitrogens with zero attached hydrogens (tertiary/aromatic N) is 1. The normalized spacial score (nSPS) is 13.6. The second kappa shape index (κ2) is 6.19. The highest BCUT2D eigenvalue weighted by Gasteiger charge is 2.10. The summed E-state index contributed by atoms with van der Waals surface area (Å²) in [6, 6.07) is 15.1. The van der Waals surface area contributed by atoms with Crippen LogP contribution in [-0.2, 0) is 19.5 Å². The van der Waals surface area contributed by atoms with Crippen molar-refractivity contribution in [3.05, 3.63) is 59.2 Å². The Bertz CT molecular complexity index is 607. The van der Waals surface area contributed by atoms with E-state index in [0.29, 0.717) is 0 Å². The molecule has 0 radical (unpaired) electrons. The zero-order valence-corrected chi connectivity index (χ0v) is 12.7. The van der Waals surface area contributed by atoms with Crippen LogP contribution in [0, 0.1) is 0 Å². The Hall–Kier alpha value is -2.00. The number of rotatable bonds is 4. The first-order valence-corrected chi connectivity index (χ1v) is 7.43. The number of ether oxygens (including phenoxy) is 1. The van der Waals surface area contributed by atoms with Gasteiger partial charge in [-0.15, -0.1) is 0 Å². The van der Waals surface area contributed by atoms with Crippen molar-refractivity contribution < 1.29 is 4.74 Å². The maximum atomic E-state index is 5.20. The lowest BCUT2D eigenvalue weighted by atomic mass is 9.98. The topological polar surface area (TPSA) is 24.5 Å². The molecule has 1 N–H and O–H groups in total. The molecule has 0 bridgehead atoms. The molecule has 2 aromatic rings. The van der Waals surface area contributed by atoms with Crippen molar-refractivity contribution in [3.8, 4) is 5.75 Å². The van der Waals surface area contributed by atoms with Crippen LogP contribution in [0.2, 0.25) is 0 Å². The summed E-state index contributed by atoms with van der Waals surface area (Å²) in [4.78, 5) is 2.26. The van der Waals surface area contributed by atoms with Gasteiger partial charge >= 0.3 is 0 Å². The molecule has 3 nitrogen and oxygen atoms in total. The Kier molecular flexibility index (Phi) is 4.11. The van der Waals surface area contributed by atoms with Gasteiger partial charge in [0, 0.05) is 25.8 Å². The molecular weight excluding hydrogens is 260 g/mol. The van der Waals surface area contributed by atoms with E-state index < -0.39 is 0 Å². The van der Waals surface area contributed by atoms with Crippen LogP contribution in [0.4, 0.5) is 5.69 Å². The fourth-order valence-corrected chi connectivity index (χ4v) is 2.83. The SMILES string of the molecule is COc1ccc(N(C)Cc2ccc3c(c2)CNCC3)cc1. The highest BCUT2D eigenvalue weighted by atomic mass is 16.5. The molecule has 0 aromatic heterocycles. The molecule has 0 unspecified atom stereocenters. The summed E-state index contributed by atoms with van der Waals surface area (Å²) in [6.07, 6.45) is 1.14. The van der Waals surface area contributed by atoms with Gasteiger partial charge in [0.25, 0.3) is 0 Å². The van der Waals surface area contributed by atoms with Crippen LogP contribution in [0.3, 0.4) is 0 Å². The van der Waals surface area contributed by atoms with Crippen LogP contribution in [-0.4, -0.2) is 20.7 Å². The predicted octanol–water partition coefficient (Wildman–Crippen LogP) is 2.98. The van der Waals surface area contributed by atoms with Crippen molar-refractivity contribution >= 4 is 5.69 Å². The van der Waals surface area contributed by atoms with Crippen LogP contribution in [0.15, 0.2) is 42.5 Å². The zero-order chi connectivity index (χ0) is 14.7. The lowest BCUT2D eigenvalue weighted by Gasteiger charge is -2.22. The third-order valence-corrected chi connectivity index (χ3v) is 4.09. The van der Waals surface area contributed by atoms with Gasteiger partial charge in [0.2, 0.25) is 0 Å². The summed E-state index contributed by atoms with van der Waals surface area (Å²) in [5.74, 6) is 0.895. The first-order chi connectivity index (χ1) is 10.3. The number of anilines is 1. The van der Waals surface area contributed by atoms with Gasteiger partial charge in [-0.25, -0.2) is 0 Å². The van der Waals surface area contributed by atoms with E-state index in [-0.39, 0.29) is 0 Å². The van der Waals surface area contributed by atoms with Crippen LogP contribution in [0.5, 0.6) is 5.75 Å². The maximum absolute atomic E-state index is 5.20. The number of fused-ring (bicyclic) bond motifs is 1. The lowest BCUT2D eigenvalue weighted by Crippen LogP contribution is -2.24. The largest absolute Gasteiger partial charge is 0.497 e. The summed E-state index contributed by atoms with van der Waals surface area (Å²) >= 11 is 0. The molecule has 3 rings (SSSR count). The third-order valence-electron chi connectivity index (χ3n) is 4.09. The second-order valence-electron chi connectivity index (χ2n) is 5.58. The molecule has 0 fully saturated rings. The van der Waals surface area contributed by atoms with E-state index in [0.717, 1.165) is 31.8 Å². The number of hydrogen-bond acceptors (Lipinski definition) is 3. The van der Waals surface area contributed by atoms with Gasteiger partial charge in [0.15, 0.2) is 0 Å². The number of hydrogen-bond donors (Lipinski definition) is 1. The smallest absolute Gasteiger partial charge is 0.119 e. The summed E-state index contributed by atoms with van der Waals surface area (Å²) < 4.78 is 5.20. The molecule has 3 heteroatoms. The first-order valence-electron chi connectivity index (χ1n) is 7.43. The quantitative estimate of drug-likeness (QED) is 0.933. The average Bonchev–Trinajstić information content (AvgIpc) is 2.55. The van der Waals surface area contributed by atoms with E-state index in [1.807, 2.05) is 12.1 Å². The lowest BCUT2D eigenvalue weighted by molar-refractivity contribution is 0.415. The average molecular weight is 282 g/mol. The predicted molar refractivity (Wildman–Crippen MR) is 87.0 cm³/mol. The van der Waals surface area contributed by atoms with E-state index in [4.69, 9.17) is 4.74 Å². The molecule has 0 amide bonds. The van der Waals surface area contributed by atoms with Gasteiger partial charge in [0.05, 0.1) is 7.11 Å². The Morgan fingerprint density at radius 1 is 1.10 bits per heavy atom. The third kappa shape index (κ3) is 3.19. The molecule has 1 aliphatic rings. The molecule has 1 heterocycles. The number of methoxy groups -OCH3 is 1. The van der Waals surface area contributed by atoms with Crippen LogP contribution < -0.4 is 15.0 Å². The first kappa shape index (κ1) is 14.0. The van der Waals surface area contributed by atoms with Crippen LogP contribution in [0.1, 0.15) is 16.7 Å². The minimum Gasteiger partial charge on any atom is -0.497 e. The van der Waals surface area contributed by atoms with E-state index in [1.54, 1.807) is 7.11 Å². The maximum Gasteiger partial charge on any atom is 0.119 e. The van der Waals surface area contributed by atoms with Crippen molar-refractivity contribution in [2.75, 3.05) is 25.6 Å². The number of nitrogens with one attached hydrogen (secondary N) is 1. The van der Waals surface area contributed by atoms with Crippen molar-refractivity contribution in [2.45, 2.75) is 19.5 Å². The second-order valence-corrected chi connectivity index (χ2v) is 5.58. The summed E-state index contributed by atoms with van der Waals surface area (Å²) in [5.41, 5.74) is 5.49.